The highest BCUT2D eigenvalue weighted by atomic mass is 16.5. The number of benzene rings is 2. The average molecular weight is 416 g/mol. The minimum absolute atomic E-state index is 0.0662. The van der Waals surface area contributed by atoms with Crippen LogP contribution in [0.4, 0.5) is 0 Å². The highest BCUT2D eigenvalue weighted by molar-refractivity contribution is 5.83. The standard InChI is InChI=1S/C24H24N4O3/c1-2-31-19-9-7-17(8-10-19)22-13-24(30)28(16-27-22)15-23(29)25-12-11-18-14-26-21-6-4-3-5-20(18)21/h3-10,13-14,16,26H,2,11-12,15H2,1H3,(H,25,29). The number of fused-ring (bicyclic) bond motifs is 1. The molecule has 0 aliphatic carbocycles. The zero-order valence-electron chi connectivity index (χ0n) is 17.3. The van der Waals surface area contributed by atoms with E-state index in [1.54, 1.807) is 0 Å². The summed E-state index contributed by atoms with van der Waals surface area (Å²) in [5, 5.41) is 4.03. The Morgan fingerprint density at radius 1 is 1.16 bits per heavy atom. The third kappa shape index (κ3) is 4.83. The van der Waals surface area contributed by atoms with Gasteiger partial charge in [0.05, 0.1) is 18.6 Å². The summed E-state index contributed by atoms with van der Waals surface area (Å²) in [6, 6.07) is 16.9. The molecule has 0 aliphatic rings. The molecule has 2 aromatic heterocycles. The number of H-pyrrole nitrogens is 1. The second kappa shape index (κ2) is 9.30. The van der Waals surface area contributed by atoms with Crippen molar-refractivity contribution in [2.75, 3.05) is 13.2 Å². The second-order valence-electron chi connectivity index (χ2n) is 7.16. The molecular formula is C24H24N4O3. The zero-order valence-corrected chi connectivity index (χ0v) is 17.3. The first-order valence-corrected chi connectivity index (χ1v) is 10.3. The summed E-state index contributed by atoms with van der Waals surface area (Å²) in [7, 11) is 0. The van der Waals surface area contributed by atoms with Gasteiger partial charge in [-0.25, -0.2) is 4.98 Å². The van der Waals surface area contributed by atoms with Crippen molar-refractivity contribution in [1.29, 1.82) is 0 Å². The molecule has 7 heteroatoms. The Balaban J connectivity index is 1.34. The van der Waals surface area contributed by atoms with Crippen molar-refractivity contribution in [3.05, 3.63) is 83.0 Å². The number of nitrogens with one attached hydrogen (secondary N) is 2. The van der Waals surface area contributed by atoms with E-state index in [9.17, 15) is 9.59 Å². The van der Waals surface area contributed by atoms with Gasteiger partial charge in [0, 0.05) is 35.3 Å². The number of aromatic amines is 1. The number of nitrogens with zero attached hydrogens (tertiary/aromatic N) is 2. The maximum absolute atomic E-state index is 12.4. The van der Waals surface area contributed by atoms with E-state index in [4.69, 9.17) is 4.74 Å². The lowest BCUT2D eigenvalue weighted by Gasteiger charge is -2.08. The van der Waals surface area contributed by atoms with Crippen LogP contribution in [0.25, 0.3) is 22.2 Å². The summed E-state index contributed by atoms with van der Waals surface area (Å²) < 4.78 is 6.73. The normalized spacial score (nSPS) is 10.9. The summed E-state index contributed by atoms with van der Waals surface area (Å²) >= 11 is 0. The van der Waals surface area contributed by atoms with Crippen LogP contribution in [0.15, 0.2) is 71.9 Å². The van der Waals surface area contributed by atoms with E-state index in [2.05, 4.69) is 21.4 Å². The van der Waals surface area contributed by atoms with Crippen LogP contribution in [-0.2, 0) is 17.8 Å². The molecule has 0 saturated carbocycles. The Labute approximate surface area is 179 Å². The quantitative estimate of drug-likeness (QED) is 0.462. The summed E-state index contributed by atoms with van der Waals surface area (Å²) in [4.78, 5) is 32.3. The number of ether oxygens (including phenoxy) is 1. The van der Waals surface area contributed by atoms with E-state index in [-0.39, 0.29) is 18.0 Å². The fourth-order valence-electron chi connectivity index (χ4n) is 3.48. The lowest BCUT2D eigenvalue weighted by Crippen LogP contribution is -2.33. The van der Waals surface area contributed by atoms with Crippen molar-refractivity contribution in [2.24, 2.45) is 0 Å². The van der Waals surface area contributed by atoms with Crippen molar-refractivity contribution >= 4 is 16.8 Å². The summed E-state index contributed by atoms with van der Waals surface area (Å²) in [5.74, 6) is 0.543. The average Bonchev–Trinajstić information content (AvgIpc) is 3.19. The van der Waals surface area contributed by atoms with Gasteiger partial charge in [0.25, 0.3) is 5.56 Å². The van der Waals surface area contributed by atoms with Crippen molar-refractivity contribution in [2.45, 2.75) is 19.9 Å². The molecule has 0 aliphatic heterocycles. The SMILES string of the molecule is CCOc1ccc(-c2cc(=O)n(CC(=O)NCCc3c[nH]c4ccccc34)cn2)cc1. The third-order valence-electron chi connectivity index (χ3n) is 5.05. The van der Waals surface area contributed by atoms with Crippen LogP contribution in [0.1, 0.15) is 12.5 Å². The number of para-hydroxylation sites is 1. The fraction of sp³-hybridized carbons (Fsp3) is 0.208. The number of carbonyl (C=O) groups excluding carboxylic acids is 1. The molecular weight excluding hydrogens is 392 g/mol. The summed E-state index contributed by atoms with van der Waals surface area (Å²) in [6.07, 6.45) is 4.08. The maximum atomic E-state index is 12.4. The molecule has 0 saturated heterocycles. The van der Waals surface area contributed by atoms with Gasteiger partial charge in [-0.15, -0.1) is 0 Å². The molecule has 4 rings (SSSR count). The first kappa shape index (κ1) is 20.4. The molecule has 1 amide bonds. The number of carbonyl (C=O) groups is 1. The lowest BCUT2D eigenvalue weighted by molar-refractivity contribution is -0.121. The van der Waals surface area contributed by atoms with E-state index >= 15 is 0 Å². The Kier molecular flexibility index (Phi) is 6.12. The number of amides is 1. The van der Waals surface area contributed by atoms with Crippen LogP contribution in [0.2, 0.25) is 0 Å². The van der Waals surface area contributed by atoms with Crippen molar-refractivity contribution < 1.29 is 9.53 Å². The third-order valence-corrected chi connectivity index (χ3v) is 5.05. The minimum atomic E-state index is -0.273. The van der Waals surface area contributed by atoms with Gasteiger partial charge in [-0.1, -0.05) is 18.2 Å². The smallest absolute Gasteiger partial charge is 0.254 e. The van der Waals surface area contributed by atoms with Crippen LogP contribution < -0.4 is 15.6 Å². The lowest BCUT2D eigenvalue weighted by atomic mass is 10.1. The predicted octanol–water partition coefficient (Wildman–Crippen LogP) is 3.15. The van der Waals surface area contributed by atoms with E-state index in [1.807, 2.05) is 55.6 Å². The number of hydrogen-bond donors (Lipinski definition) is 2. The molecule has 0 bridgehead atoms. The largest absolute Gasteiger partial charge is 0.494 e. The van der Waals surface area contributed by atoms with Crippen LogP contribution in [0.3, 0.4) is 0 Å². The summed E-state index contributed by atoms with van der Waals surface area (Å²) in [5.41, 5.74) is 3.33. The predicted molar refractivity (Wildman–Crippen MR) is 120 cm³/mol. The Morgan fingerprint density at radius 3 is 2.74 bits per heavy atom. The molecule has 2 N–H and O–H groups in total. The Morgan fingerprint density at radius 2 is 1.97 bits per heavy atom. The van der Waals surface area contributed by atoms with Gasteiger partial charge in [-0.2, -0.15) is 0 Å². The van der Waals surface area contributed by atoms with Gasteiger partial charge in [0.15, 0.2) is 0 Å². The molecule has 2 heterocycles. The molecule has 0 radical (unpaired) electrons. The Bertz CT molecular complexity index is 1240. The molecule has 4 aromatic rings. The van der Waals surface area contributed by atoms with Crippen molar-refractivity contribution in [3.8, 4) is 17.0 Å². The first-order chi connectivity index (χ1) is 15.1. The molecule has 0 atom stereocenters. The highest BCUT2D eigenvalue weighted by Gasteiger charge is 2.08. The zero-order chi connectivity index (χ0) is 21.6. The van der Waals surface area contributed by atoms with Gasteiger partial charge >= 0.3 is 0 Å². The molecule has 7 nitrogen and oxygen atoms in total. The summed E-state index contributed by atoms with van der Waals surface area (Å²) in [6.45, 7) is 2.95. The van der Waals surface area contributed by atoms with E-state index in [0.29, 0.717) is 25.3 Å². The van der Waals surface area contributed by atoms with Crippen molar-refractivity contribution in [3.63, 3.8) is 0 Å². The van der Waals surface area contributed by atoms with Crippen molar-refractivity contribution in [1.82, 2.24) is 19.9 Å². The van der Waals surface area contributed by atoms with E-state index in [0.717, 1.165) is 27.8 Å². The van der Waals surface area contributed by atoms with Crippen LogP contribution >= 0.6 is 0 Å². The van der Waals surface area contributed by atoms with E-state index < -0.39 is 0 Å². The van der Waals surface area contributed by atoms with Gasteiger partial charge in [-0.05, 0) is 49.2 Å². The van der Waals surface area contributed by atoms with Gasteiger partial charge < -0.3 is 15.0 Å². The monoisotopic (exact) mass is 416 g/mol. The fourth-order valence-corrected chi connectivity index (χ4v) is 3.48. The van der Waals surface area contributed by atoms with Crippen LogP contribution in [0.5, 0.6) is 5.75 Å². The molecule has 2 aromatic carbocycles. The number of aromatic nitrogens is 3. The van der Waals surface area contributed by atoms with Gasteiger partial charge in [-0.3, -0.25) is 14.2 Å². The minimum Gasteiger partial charge on any atom is -0.494 e. The van der Waals surface area contributed by atoms with E-state index in [1.165, 1.54) is 17.0 Å². The highest BCUT2D eigenvalue weighted by Crippen LogP contribution is 2.20. The Hall–Kier alpha value is -3.87. The topological polar surface area (TPSA) is 89.0 Å². The maximum Gasteiger partial charge on any atom is 0.254 e. The molecule has 0 unspecified atom stereocenters. The van der Waals surface area contributed by atoms with Gasteiger partial charge in [0.1, 0.15) is 12.3 Å². The van der Waals surface area contributed by atoms with Crippen LogP contribution in [-0.4, -0.2) is 33.6 Å². The molecule has 0 fully saturated rings. The molecule has 31 heavy (non-hydrogen) atoms. The first-order valence-electron chi connectivity index (χ1n) is 10.3. The molecule has 0 spiro atoms. The number of rotatable bonds is 8. The number of hydrogen-bond acceptors (Lipinski definition) is 4. The molecule has 158 valence electrons. The van der Waals surface area contributed by atoms with Gasteiger partial charge in [0.2, 0.25) is 5.91 Å². The second-order valence-corrected chi connectivity index (χ2v) is 7.16. The van der Waals surface area contributed by atoms with Crippen LogP contribution in [0, 0.1) is 0 Å².